The second-order valence-corrected chi connectivity index (χ2v) is 6.81. The largest absolute Gasteiger partial charge is 0.472 e. The lowest BCUT2D eigenvalue weighted by atomic mass is 10.0. The highest BCUT2D eigenvalue weighted by atomic mass is 16.5. The highest BCUT2D eigenvalue weighted by Crippen LogP contribution is 2.23. The van der Waals surface area contributed by atoms with Crippen molar-refractivity contribution in [2.75, 3.05) is 18.5 Å². The van der Waals surface area contributed by atoms with Gasteiger partial charge in [0.25, 0.3) is 5.91 Å². The summed E-state index contributed by atoms with van der Waals surface area (Å²) in [7, 11) is 0. The fourth-order valence-electron chi connectivity index (χ4n) is 3.22. The number of aromatic nitrogens is 1. The predicted octanol–water partition coefficient (Wildman–Crippen LogP) is 2.03. The average molecular weight is 445 g/mol. The zero-order valence-corrected chi connectivity index (χ0v) is 17.8. The van der Waals surface area contributed by atoms with E-state index in [4.69, 9.17) is 21.1 Å². The minimum atomic E-state index is -0.646. The van der Waals surface area contributed by atoms with Gasteiger partial charge in [0.05, 0.1) is 35.6 Å². The van der Waals surface area contributed by atoms with E-state index in [1.54, 1.807) is 23.1 Å². The van der Waals surface area contributed by atoms with Crippen LogP contribution in [-0.2, 0) is 0 Å². The molecule has 2 aromatic rings. The number of ether oxygens (including phenoxy) is 1. The molecule has 1 aliphatic heterocycles. The molecule has 0 spiro atoms. The summed E-state index contributed by atoms with van der Waals surface area (Å²) in [5, 5.41) is 19.9. The smallest absolute Gasteiger partial charge is 0.256 e. The molecule has 33 heavy (non-hydrogen) atoms. The Morgan fingerprint density at radius 3 is 2.85 bits per heavy atom. The van der Waals surface area contributed by atoms with Gasteiger partial charge in [-0.1, -0.05) is 0 Å². The van der Waals surface area contributed by atoms with Gasteiger partial charge in [-0.25, -0.2) is 4.98 Å². The third-order valence-electron chi connectivity index (χ3n) is 4.69. The van der Waals surface area contributed by atoms with E-state index in [9.17, 15) is 9.59 Å². The summed E-state index contributed by atoms with van der Waals surface area (Å²) < 4.78 is 5.89. The van der Waals surface area contributed by atoms with Gasteiger partial charge in [0, 0.05) is 30.6 Å². The van der Waals surface area contributed by atoms with Crippen molar-refractivity contribution < 1.29 is 14.3 Å². The third-order valence-corrected chi connectivity index (χ3v) is 4.69. The van der Waals surface area contributed by atoms with Crippen LogP contribution in [0.3, 0.4) is 0 Å². The normalized spacial score (nSPS) is 14.9. The first-order valence-electron chi connectivity index (χ1n) is 9.89. The van der Waals surface area contributed by atoms with Gasteiger partial charge >= 0.3 is 0 Å². The molecule has 10 nitrogen and oxygen atoms in total. The van der Waals surface area contributed by atoms with Crippen LogP contribution >= 0.6 is 0 Å². The lowest BCUT2D eigenvalue weighted by Crippen LogP contribution is -2.44. The molecule has 2 heterocycles. The Morgan fingerprint density at radius 1 is 1.36 bits per heavy atom. The Balaban J connectivity index is 0.00000187. The number of anilines is 1. The van der Waals surface area contributed by atoms with E-state index >= 15 is 0 Å². The first kappa shape index (κ1) is 24.6. The van der Waals surface area contributed by atoms with Crippen molar-refractivity contribution in [2.24, 2.45) is 10.8 Å². The van der Waals surface area contributed by atoms with Crippen molar-refractivity contribution in [3.8, 4) is 24.8 Å². The van der Waals surface area contributed by atoms with Gasteiger partial charge < -0.3 is 20.8 Å². The number of nitrogens with zero attached hydrogens (tertiary/aromatic N) is 4. The second kappa shape index (κ2) is 12.2. The zero-order chi connectivity index (χ0) is 24.2. The molecule has 0 radical (unpaired) electrons. The molecular weight excluding hydrogens is 422 g/mol. The van der Waals surface area contributed by atoms with Gasteiger partial charge in [0.15, 0.2) is 0 Å². The Kier molecular flexibility index (Phi) is 9.10. The Labute approximate surface area is 191 Å². The molecule has 1 aliphatic rings. The number of piperidine rings is 1. The van der Waals surface area contributed by atoms with Crippen LogP contribution in [0.2, 0.25) is 0 Å². The van der Waals surface area contributed by atoms with E-state index in [0.717, 1.165) is 19.1 Å². The fraction of sp³-hybridized carbons (Fsp3) is 0.217. The maximum Gasteiger partial charge on any atom is 0.256 e. The maximum absolute atomic E-state index is 13.2. The number of rotatable bonds is 7. The second-order valence-electron chi connectivity index (χ2n) is 6.81. The minimum Gasteiger partial charge on any atom is -0.472 e. The van der Waals surface area contributed by atoms with E-state index < -0.39 is 5.91 Å². The van der Waals surface area contributed by atoms with Gasteiger partial charge in [-0.15, -0.1) is 12.8 Å². The summed E-state index contributed by atoms with van der Waals surface area (Å²) in [6.45, 7) is 0.843. The zero-order valence-electron chi connectivity index (χ0n) is 17.8. The van der Waals surface area contributed by atoms with Crippen LogP contribution in [0.5, 0.6) is 5.88 Å². The molecule has 0 saturated carbocycles. The fourth-order valence-corrected chi connectivity index (χ4v) is 3.22. The van der Waals surface area contributed by atoms with E-state index in [1.807, 2.05) is 6.07 Å². The Morgan fingerprint density at radius 2 is 2.15 bits per heavy atom. The number of carbonyl (C=O) groups excluding carboxylic acids is 2. The number of terminal acetylenes is 1. The van der Waals surface area contributed by atoms with Crippen molar-refractivity contribution in [1.29, 1.82) is 10.7 Å². The summed E-state index contributed by atoms with van der Waals surface area (Å²) in [5.41, 5.74) is 9.35. The number of pyridine rings is 1. The highest BCUT2D eigenvalue weighted by molar-refractivity contribution is 6.14. The van der Waals surface area contributed by atoms with Gasteiger partial charge in [0.2, 0.25) is 11.8 Å². The number of benzene rings is 1. The molecule has 4 N–H and O–H groups in total. The number of hydrogen-bond donors (Lipinski definition) is 3. The first-order chi connectivity index (χ1) is 16.0. The Hall–Kier alpha value is -4.70. The minimum absolute atomic E-state index is 0.201. The molecule has 1 aromatic carbocycles. The van der Waals surface area contributed by atoms with Gasteiger partial charge in [-0.3, -0.25) is 15.0 Å². The molecule has 1 saturated heterocycles. The van der Waals surface area contributed by atoms with Crippen molar-refractivity contribution in [3.05, 3.63) is 53.2 Å². The van der Waals surface area contributed by atoms with Crippen LogP contribution in [0.25, 0.3) is 0 Å². The molecule has 1 fully saturated rings. The molecule has 0 aliphatic carbocycles. The molecule has 2 amide bonds. The number of likely N-dealkylation sites (tertiary alicyclic amines) is 1. The van der Waals surface area contributed by atoms with Crippen LogP contribution < -0.4 is 15.9 Å². The molecule has 10 heteroatoms. The average Bonchev–Trinajstić information content (AvgIpc) is 2.85. The summed E-state index contributed by atoms with van der Waals surface area (Å²) in [4.78, 5) is 30.6. The maximum atomic E-state index is 13.2. The van der Waals surface area contributed by atoms with E-state index in [1.165, 1.54) is 24.5 Å². The lowest BCUT2D eigenvalue weighted by Gasteiger charge is -2.33. The third kappa shape index (κ3) is 6.64. The summed E-state index contributed by atoms with van der Waals surface area (Å²) >= 11 is 0. The number of amides is 2. The molecule has 1 aromatic heterocycles. The van der Waals surface area contributed by atoms with E-state index in [-0.39, 0.29) is 23.1 Å². The molecule has 1 atom stereocenters. The number of nitrogens with two attached hydrogens (primary N) is 1. The van der Waals surface area contributed by atoms with Crippen molar-refractivity contribution in [2.45, 2.75) is 18.9 Å². The number of primary amides is 1. The topological polar surface area (TPSA) is 158 Å². The summed E-state index contributed by atoms with van der Waals surface area (Å²) in [6, 6.07) is 9.65. The molecule has 168 valence electrons. The SMILES string of the molecule is C#C.N#Cc1ccnc(O[C@@H]2CCCN(C(=O)c3cc(C(N)=O)ccc3N/N=C\C=N)C2)c1. The number of nitrogens with one attached hydrogen (secondary N) is 2. The number of hydrogen-bond acceptors (Lipinski definition) is 8. The van der Waals surface area contributed by atoms with Crippen molar-refractivity contribution in [1.82, 2.24) is 9.88 Å². The molecular formula is C23H23N7O3. The number of carbonyl (C=O) groups is 2. The van der Waals surface area contributed by atoms with Gasteiger partial charge in [-0.05, 0) is 37.1 Å². The Bertz CT molecular complexity index is 1100. The van der Waals surface area contributed by atoms with Crippen LogP contribution in [0, 0.1) is 29.6 Å². The predicted molar refractivity (Wildman–Crippen MR) is 124 cm³/mol. The van der Waals surface area contributed by atoms with Crippen molar-refractivity contribution >= 4 is 29.9 Å². The highest BCUT2D eigenvalue weighted by Gasteiger charge is 2.28. The van der Waals surface area contributed by atoms with Crippen LogP contribution in [-0.4, -0.2) is 53.3 Å². The van der Waals surface area contributed by atoms with Crippen LogP contribution in [0.4, 0.5) is 5.69 Å². The summed E-state index contributed by atoms with van der Waals surface area (Å²) in [5.74, 6) is -0.619. The first-order valence-corrected chi connectivity index (χ1v) is 9.89. The number of hydrazone groups is 1. The quantitative estimate of drug-likeness (QED) is 0.336. The summed E-state index contributed by atoms with van der Waals surface area (Å²) in [6.07, 6.45) is 12.9. The number of nitriles is 1. The van der Waals surface area contributed by atoms with E-state index in [0.29, 0.717) is 30.2 Å². The molecule has 0 bridgehead atoms. The van der Waals surface area contributed by atoms with Crippen LogP contribution in [0.1, 0.15) is 39.1 Å². The van der Waals surface area contributed by atoms with Gasteiger partial charge in [-0.2, -0.15) is 10.4 Å². The lowest BCUT2D eigenvalue weighted by molar-refractivity contribution is 0.0528. The molecule has 0 unspecified atom stereocenters. The monoisotopic (exact) mass is 445 g/mol. The van der Waals surface area contributed by atoms with Gasteiger partial charge in [0.1, 0.15) is 6.10 Å². The molecule has 3 rings (SSSR count). The standard InChI is InChI=1S/C21H21N7O3.C2H2/c22-6-8-26-27-18-4-3-15(20(24)29)11-17(18)21(30)28-9-1-2-16(13-28)31-19-10-14(12-23)5-7-25-19;1-2/h3-8,10-11,16,22,27H,1-2,9,13H2,(H2,24,29);1-2H/b22-6?,26-8-;/t16-;/m1./s1. The van der Waals surface area contributed by atoms with Crippen molar-refractivity contribution in [3.63, 3.8) is 0 Å². The van der Waals surface area contributed by atoms with Crippen LogP contribution in [0.15, 0.2) is 41.6 Å². The van der Waals surface area contributed by atoms with E-state index in [2.05, 4.69) is 28.4 Å².